The SMILES string of the molecule is CC1=CC(=O)/C(=C/C=C/C=C/N(C)c2ccccc2)N1. The van der Waals surface area contributed by atoms with Crippen molar-refractivity contribution in [2.75, 3.05) is 11.9 Å². The second-order valence-electron chi connectivity index (χ2n) is 4.57. The Morgan fingerprint density at radius 3 is 2.50 bits per heavy atom. The van der Waals surface area contributed by atoms with Gasteiger partial charge in [0.05, 0.1) is 5.70 Å². The first-order chi connectivity index (χ1) is 9.66. The number of carbonyl (C=O) groups is 1. The molecule has 1 aliphatic rings. The van der Waals surface area contributed by atoms with Crippen molar-refractivity contribution in [3.63, 3.8) is 0 Å². The van der Waals surface area contributed by atoms with E-state index in [2.05, 4.69) is 5.32 Å². The van der Waals surface area contributed by atoms with Gasteiger partial charge in [0.15, 0.2) is 0 Å². The number of hydrogen-bond donors (Lipinski definition) is 1. The summed E-state index contributed by atoms with van der Waals surface area (Å²) in [6, 6.07) is 10.1. The van der Waals surface area contributed by atoms with Gasteiger partial charge in [-0.2, -0.15) is 0 Å². The molecule has 0 bridgehead atoms. The lowest BCUT2D eigenvalue weighted by atomic mass is 10.3. The molecule has 0 radical (unpaired) electrons. The zero-order valence-corrected chi connectivity index (χ0v) is 11.7. The highest BCUT2D eigenvalue weighted by Crippen LogP contribution is 2.11. The van der Waals surface area contributed by atoms with E-state index in [-0.39, 0.29) is 5.78 Å². The number of allylic oxidation sites excluding steroid dienone is 6. The molecule has 102 valence electrons. The van der Waals surface area contributed by atoms with Gasteiger partial charge in [-0.15, -0.1) is 0 Å². The molecular weight excluding hydrogens is 248 g/mol. The van der Waals surface area contributed by atoms with Gasteiger partial charge in [0.1, 0.15) is 0 Å². The predicted octanol–water partition coefficient (Wildman–Crippen LogP) is 3.15. The highest BCUT2D eigenvalue weighted by molar-refractivity contribution is 6.06. The van der Waals surface area contributed by atoms with Crippen LogP contribution in [0.5, 0.6) is 0 Å². The Kier molecular flexibility index (Phi) is 4.56. The Balaban J connectivity index is 1.89. The molecule has 0 unspecified atom stereocenters. The first-order valence-electron chi connectivity index (χ1n) is 6.49. The molecular formula is C17H18N2O. The maximum atomic E-state index is 11.5. The predicted molar refractivity (Wildman–Crippen MR) is 83.1 cm³/mol. The number of anilines is 1. The van der Waals surface area contributed by atoms with Crippen LogP contribution in [0, 0.1) is 0 Å². The molecule has 3 nitrogen and oxygen atoms in total. The smallest absolute Gasteiger partial charge is 0.203 e. The van der Waals surface area contributed by atoms with Gasteiger partial charge in [-0.1, -0.05) is 30.4 Å². The fourth-order valence-electron chi connectivity index (χ4n) is 1.85. The van der Waals surface area contributed by atoms with Crippen LogP contribution in [0.15, 0.2) is 78.3 Å². The zero-order chi connectivity index (χ0) is 14.4. The van der Waals surface area contributed by atoms with Gasteiger partial charge >= 0.3 is 0 Å². The average molecular weight is 266 g/mol. The molecule has 0 fully saturated rings. The molecule has 0 saturated heterocycles. The average Bonchev–Trinajstić information content (AvgIpc) is 2.77. The largest absolute Gasteiger partial charge is 0.356 e. The normalized spacial score (nSPS) is 17.0. The van der Waals surface area contributed by atoms with Gasteiger partial charge in [-0.25, -0.2) is 0 Å². The van der Waals surface area contributed by atoms with Crippen LogP contribution in [-0.4, -0.2) is 12.8 Å². The van der Waals surface area contributed by atoms with Crippen LogP contribution in [0.25, 0.3) is 0 Å². The van der Waals surface area contributed by atoms with E-state index in [9.17, 15) is 4.79 Å². The summed E-state index contributed by atoms with van der Waals surface area (Å²) in [5.41, 5.74) is 2.63. The summed E-state index contributed by atoms with van der Waals surface area (Å²) < 4.78 is 0. The lowest BCUT2D eigenvalue weighted by Crippen LogP contribution is -2.07. The number of rotatable bonds is 4. The number of hydrogen-bond acceptors (Lipinski definition) is 3. The second kappa shape index (κ2) is 6.57. The molecule has 0 amide bonds. The van der Waals surface area contributed by atoms with Crippen molar-refractivity contribution >= 4 is 11.5 Å². The third-order valence-electron chi connectivity index (χ3n) is 2.90. The van der Waals surface area contributed by atoms with Crippen molar-refractivity contribution in [3.8, 4) is 0 Å². The number of para-hydroxylation sites is 1. The van der Waals surface area contributed by atoms with Crippen LogP contribution in [0.4, 0.5) is 5.69 Å². The third kappa shape index (κ3) is 3.72. The standard InChI is InChI=1S/C17H18N2O/c1-14-13-17(20)16(18-14)11-7-4-8-12-19(2)15-9-5-3-6-10-15/h3-13,18H,1-2H3/b7-4+,12-8+,16-11-. The van der Waals surface area contributed by atoms with Gasteiger partial charge in [0.2, 0.25) is 5.78 Å². The van der Waals surface area contributed by atoms with E-state index in [0.29, 0.717) is 5.70 Å². The van der Waals surface area contributed by atoms with E-state index in [4.69, 9.17) is 0 Å². The van der Waals surface area contributed by atoms with Crippen molar-refractivity contribution in [1.29, 1.82) is 0 Å². The molecule has 2 rings (SSSR count). The van der Waals surface area contributed by atoms with E-state index < -0.39 is 0 Å². The second-order valence-corrected chi connectivity index (χ2v) is 4.57. The number of ketones is 1. The summed E-state index contributed by atoms with van der Waals surface area (Å²) in [5.74, 6) is 0.0255. The molecule has 0 saturated carbocycles. The molecule has 0 atom stereocenters. The van der Waals surface area contributed by atoms with E-state index in [1.54, 1.807) is 12.2 Å². The van der Waals surface area contributed by atoms with Crippen LogP contribution < -0.4 is 10.2 Å². The first-order valence-corrected chi connectivity index (χ1v) is 6.49. The Bertz CT molecular complexity index is 595. The number of carbonyl (C=O) groups excluding carboxylic acids is 1. The monoisotopic (exact) mass is 266 g/mol. The maximum absolute atomic E-state index is 11.5. The van der Waals surface area contributed by atoms with E-state index >= 15 is 0 Å². The van der Waals surface area contributed by atoms with Crippen LogP contribution in [0.3, 0.4) is 0 Å². The van der Waals surface area contributed by atoms with Crippen LogP contribution >= 0.6 is 0 Å². The highest BCUT2D eigenvalue weighted by atomic mass is 16.1. The van der Waals surface area contributed by atoms with Gasteiger partial charge in [-0.05, 0) is 31.2 Å². The summed E-state index contributed by atoms with van der Waals surface area (Å²) in [6.45, 7) is 1.87. The van der Waals surface area contributed by atoms with Crippen molar-refractivity contribution in [1.82, 2.24) is 5.32 Å². The highest BCUT2D eigenvalue weighted by Gasteiger charge is 2.12. The van der Waals surface area contributed by atoms with E-state index in [0.717, 1.165) is 11.4 Å². The van der Waals surface area contributed by atoms with Crippen molar-refractivity contribution in [2.24, 2.45) is 0 Å². The van der Waals surface area contributed by atoms with Crippen molar-refractivity contribution in [3.05, 3.63) is 78.3 Å². The third-order valence-corrected chi connectivity index (χ3v) is 2.90. The summed E-state index contributed by atoms with van der Waals surface area (Å²) in [7, 11) is 1.99. The van der Waals surface area contributed by atoms with Crippen LogP contribution in [-0.2, 0) is 4.79 Å². The number of nitrogens with one attached hydrogen (secondary N) is 1. The lowest BCUT2D eigenvalue weighted by Gasteiger charge is -2.12. The summed E-state index contributed by atoms with van der Waals surface area (Å²) >= 11 is 0. The summed E-state index contributed by atoms with van der Waals surface area (Å²) in [5, 5.41) is 3.02. The van der Waals surface area contributed by atoms with Crippen LogP contribution in [0.2, 0.25) is 0 Å². The molecule has 1 heterocycles. The molecule has 0 aromatic heterocycles. The topological polar surface area (TPSA) is 32.3 Å². The number of benzene rings is 1. The summed E-state index contributed by atoms with van der Waals surface area (Å²) in [4.78, 5) is 13.5. The lowest BCUT2D eigenvalue weighted by molar-refractivity contribution is -0.111. The molecule has 0 aliphatic carbocycles. The Morgan fingerprint density at radius 1 is 1.10 bits per heavy atom. The fourth-order valence-corrected chi connectivity index (χ4v) is 1.85. The van der Waals surface area contributed by atoms with Gasteiger partial charge in [-0.3, -0.25) is 4.79 Å². The Labute approximate surface area is 119 Å². The minimum absolute atomic E-state index is 0.0255. The molecule has 20 heavy (non-hydrogen) atoms. The molecule has 3 heteroatoms. The minimum Gasteiger partial charge on any atom is -0.356 e. The first kappa shape index (κ1) is 13.9. The van der Waals surface area contributed by atoms with Gasteiger partial charge in [0.25, 0.3) is 0 Å². The van der Waals surface area contributed by atoms with Gasteiger partial charge in [0, 0.05) is 30.7 Å². The molecule has 1 aliphatic heterocycles. The zero-order valence-electron chi connectivity index (χ0n) is 11.7. The minimum atomic E-state index is 0.0255. The molecule has 0 spiro atoms. The van der Waals surface area contributed by atoms with E-state index in [1.807, 2.05) is 73.6 Å². The van der Waals surface area contributed by atoms with Gasteiger partial charge < -0.3 is 10.2 Å². The van der Waals surface area contributed by atoms with Crippen LogP contribution in [0.1, 0.15) is 6.92 Å². The van der Waals surface area contributed by atoms with E-state index in [1.165, 1.54) is 0 Å². The molecule has 1 N–H and O–H groups in total. The van der Waals surface area contributed by atoms with Crippen molar-refractivity contribution < 1.29 is 4.79 Å². The Morgan fingerprint density at radius 2 is 1.85 bits per heavy atom. The quantitative estimate of drug-likeness (QED) is 0.671. The Hall–Kier alpha value is -2.55. The number of nitrogens with zero attached hydrogens (tertiary/aromatic N) is 1. The van der Waals surface area contributed by atoms with Crippen molar-refractivity contribution in [2.45, 2.75) is 6.92 Å². The summed E-state index contributed by atoms with van der Waals surface area (Å²) in [6.07, 6.45) is 11.0. The molecule has 1 aromatic rings. The molecule has 1 aromatic carbocycles. The fraction of sp³-hybridized carbons (Fsp3) is 0.118. The maximum Gasteiger partial charge on any atom is 0.203 e.